The molecule has 0 bridgehead atoms. The minimum absolute atomic E-state index is 0.0853. The zero-order valence-corrected chi connectivity index (χ0v) is 16.3. The summed E-state index contributed by atoms with van der Waals surface area (Å²) in [6.45, 7) is 6.81. The molecule has 25 heavy (non-hydrogen) atoms. The second-order valence-electron chi connectivity index (χ2n) is 6.18. The average Bonchev–Trinajstić information content (AvgIpc) is 2.62. The van der Waals surface area contributed by atoms with Crippen LogP contribution in [-0.4, -0.2) is 28.7 Å². The fraction of sp³-hybridized carbons (Fsp3) is 0.450. The first-order chi connectivity index (χ1) is 12.0. The van der Waals surface area contributed by atoms with Crippen molar-refractivity contribution < 1.29 is 4.79 Å². The number of benzene rings is 1. The van der Waals surface area contributed by atoms with E-state index in [9.17, 15) is 4.79 Å². The van der Waals surface area contributed by atoms with E-state index in [0.29, 0.717) is 25.3 Å². The monoisotopic (exact) mass is 357 g/mol. The van der Waals surface area contributed by atoms with E-state index in [1.165, 1.54) is 5.56 Å². The largest absolute Gasteiger partial charge is 0.355 e. The quantitative estimate of drug-likeness (QED) is 0.572. The van der Waals surface area contributed by atoms with Gasteiger partial charge in [-0.25, -0.2) is 9.97 Å². The van der Waals surface area contributed by atoms with E-state index in [4.69, 9.17) is 0 Å². The fourth-order valence-corrected chi connectivity index (χ4v) is 3.41. The van der Waals surface area contributed by atoms with Gasteiger partial charge in [0.2, 0.25) is 5.91 Å². The van der Waals surface area contributed by atoms with Crippen LogP contribution in [0.1, 0.15) is 48.2 Å². The first kappa shape index (κ1) is 19.4. The van der Waals surface area contributed by atoms with Gasteiger partial charge in [-0.2, -0.15) is 0 Å². The van der Waals surface area contributed by atoms with Gasteiger partial charge in [0.25, 0.3) is 0 Å². The van der Waals surface area contributed by atoms with Crippen LogP contribution in [-0.2, 0) is 11.2 Å². The Hall–Kier alpha value is -1.88. The van der Waals surface area contributed by atoms with Crippen molar-refractivity contribution in [2.45, 2.75) is 51.1 Å². The first-order valence-electron chi connectivity index (χ1n) is 8.74. The number of carbonyl (C=O) groups is 1. The highest BCUT2D eigenvalue weighted by Crippen LogP contribution is 2.19. The number of hydrogen-bond donors (Lipinski definition) is 1. The number of hydrogen-bond acceptors (Lipinski definition) is 4. The van der Waals surface area contributed by atoms with E-state index in [1.54, 1.807) is 11.8 Å². The number of rotatable bonds is 8. The zero-order chi connectivity index (χ0) is 18.2. The van der Waals surface area contributed by atoms with Crippen molar-refractivity contribution in [2.24, 2.45) is 0 Å². The maximum Gasteiger partial charge on any atom is 0.220 e. The Kier molecular flexibility index (Phi) is 7.44. The molecule has 1 amide bonds. The molecule has 2 aromatic rings. The standard InChI is InChI=1S/C20H27N3OS/c1-5-16(17-9-7-6-8-10-17)13-21-19(24)12-11-18-14(2)22-20(25-4)23-15(18)3/h6-10,16H,5,11-13H2,1-4H3,(H,21,24). The van der Waals surface area contributed by atoms with Crippen molar-refractivity contribution >= 4 is 17.7 Å². The van der Waals surface area contributed by atoms with E-state index in [2.05, 4.69) is 34.3 Å². The smallest absolute Gasteiger partial charge is 0.220 e. The molecule has 1 atom stereocenters. The number of aromatic nitrogens is 2. The predicted octanol–water partition coefficient (Wildman–Crippen LogP) is 4.06. The Bertz CT molecular complexity index is 680. The summed E-state index contributed by atoms with van der Waals surface area (Å²) >= 11 is 1.54. The maximum atomic E-state index is 12.3. The molecule has 0 saturated heterocycles. The lowest BCUT2D eigenvalue weighted by molar-refractivity contribution is -0.121. The summed E-state index contributed by atoms with van der Waals surface area (Å²) in [4.78, 5) is 21.2. The molecule has 0 saturated carbocycles. The Labute approximate surface area is 154 Å². The van der Waals surface area contributed by atoms with Crippen molar-refractivity contribution in [3.63, 3.8) is 0 Å². The fourth-order valence-electron chi connectivity index (χ4n) is 2.95. The van der Waals surface area contributed by atoms with Gasteiger partial charge >= 0.3 is 0 Å². The van der Waals surface area contributed by atoms with Gasteiger partial charge in [0.1, 0.15) is 0 Å². The summed E-state index contributed by atoms with van der Waals surface area (Å²) < 4.78 is 0. The highest BCUT2D eigenvalue weighted by molar-refractivity contribution is 7.98. The van der Waals surface area contributed by atoms with E-state index in [-0.39, 0.29) is 5.91 Å². The van der Waals surface area contributed by atoms with Crippen molar-refractivity contribution in [3.8, 4) is 0 Å². The number of thioether (sulfide) groups is 1. The van der Waals surface area contributed by atoms with Crippen LogP contribution < -0.4 is 5.32 Å². The van der Waals surface area contributed by atoms with Gasteiger partial charge in [-0.1, -0.05) is 49.0 Å². The zero-order valence-electron chi connectivity index (χ0n) is 15.5. The minimum Gasteiger partial charge on any atom is -0.355 e. The van der Waals surface area contributed by atoms with Gasteiger partial charge < -0.3 is 5.32 Å². The molecule has 134 valence electrons. The molecule has 0 aliphatic carbocycles. The summed E-state index contributed by atoms with van der Waals surface area (Å²) in [5, 5.41) is 3.87. The Balaban J connectivity index is 1.89. The lowest BCUT2D eigenvalue weighted by Crippen LogP contribution is -2.28. The van der Waals surface area contributed by atoms with Crippen LogP contribution >= 0.6 is 11.8 Å². The van der Waals surface area contributed by atoms with E-state index < -0.39 is 0 Å². The maximum absolute atomic E-state index is 12.3. The minimum atomic E-state index is 0.0853. The summed E-state index contributed by atoms with van der Waals surface area (Å²) in [6, 6.07) is 10.4. The van der Waals surface area contributed by atoms with Crippen LogP contribution in [0.4, 0.5) is 0 Å². The lowest BCUT2D eigenvalue weighted by Gasteiger charge is -2.16. The van der Waals surface area contributed by atoms with Crippen molar-refractivity contribution in [1.82, 2.24) is 15.3 Å². The van der Waals surface area contributed by atoms with Gasteiger partial charge in [-0.3, -0.25) is 4.79 Å². The van der Waals surface area contributed by atoms with E-state index in [0.717, 1.165) is 28.5 Å². The van der Waals surface area contributed by atoms with Gasteiger partial charge in [-0.15, -0.1) is 0 Å². The Morgan fingerprint density at radius 1 is 1.16 bits per heavy atom. The summed E-state index contributed by atoms with van der Waals surface area (Å²) in [5.74, 6) is 0.444. The molecule has 1 aromatic carbocycles. The predicted molar refractivity (Wildman–Crippen MR) is 104 cm³/mol. The number of amides is 1. The molecular formula is C20H27N3OS. The van der Waals surface area contributed by atoms with E-state index in [1.807, 2.05) is 38.3 Å². The third-order valence-corrected chi connectivity index (χ3v) is 5.04. The van der Waals surface area contributed by atoms with Crippen LogP contribution in [0.2, 0.25) is 0 Å². The number of carbonyl (C=O) groups excluding carboxylic acids is 1. The van der Waals surface area contributed by atoms with Gasteiger partial charge in [0, 0.05) is 30.3 Å². The highest BCUT2D eigenvalue weighted by atomic mass is 32.2. The Morgan fingerprint density at radius 2 is 1.80 bits per heavy atom. The number of aryl methyl sites for hydroxylation is 2. The van der Waals surface area contributed by atoms with Gasteiger partial charge in [0.15, 0.2) is 5.16 Å². The van der Waals surface area contributed by atoms with Crippen LogP contribution in [0.3, 0.4) is 0 Å². The summed E-state index contributed by atoms with van der Waals surface area (Å²) in [6.07, 6.45) is 4.12. The van der Waals surface area contributed by atoms with Crippen molar-refractivity contribution in [1.29, 1.82) is 0 Å². The lowest BCUT2D eigenvalue weighted by atomic mass is 9.96. The molecule has 1 aromatic heterocycles. The molecule has 4 nitrogen and oxygen atoms in total. The number of nitrogens with zero attached hydrogens (tertiary/aromatic N) is 2. The van der Waals surface area contributed by atoms with Gasteiger partial charge in [0.05, 0.1) is 0 Å². The van der Waals surface area contributed by atoms with E-state index >= 15 is 0 Å². The molecule has 0 aliphatic rings. The van der Waals surface area contributed by atoms with Crippen molar-refractivity contribution in [3.05, 3.63) is 52.8 Å². The third-order valence-electron chi connectivity index (χ3n) is 4.49. The SMILES string of the molecule is CCC(CNC(=O)CCc1c(C)nc(SC)nc1C)c1ccccc1. The third kappa shape index (κ3) is 5.56. The topological polar surface area (TPSA) is 54.9 Å². The van der Waals surface area contributed by atoms with Crippen LogP contribution in [0.5, 0.6) is 0 Å². The molecule has 0 aliphatic heterocycles. The molecule has 0 radical (unpaired) electrons. The second kappa shape index (κ2) is 9.56. The molecule has 1 N–H and O–H groups in total. The average molecular weight is 358 g/mol. The van der Waals surface area contributed by atoms with Crippen LogP contribution in [0.15, 0.2) is 35.5 Å². The normalized spacial score (nSPS) is 12.0. The highest BCUT2D eigenvalue weighted by Gasteiger charge is 2.13. The van der Waals surface area contributed by atoms with Gasteiger partial charge in [-0.05, 0) is 44.1 Å². The summed E-state index contributed by atoms with van der Waals surface area (Å²) in [5.41, 5.74) is 4.31. The molecule has 1 heterocycles. The first-order valence-corrected chi connectivity index (χ1v) is 9.97. The molecule has 0 spiro atoms. The number of nitrogens with one attached hydrogen (secondary N) is 1. The molecule has 0 fully saturated rings. The van der Waals surface area contributed by atoms with Crippen LogP contribution in [0.25, 0.3) is 0 Å². The van der Waals surface area contributed by atoms with Crippen molar-refractivity contribution in [2.75, 3.05) is 12.8 Å². The summed E-state index contributed by atoms with van der Waals surface area (Å²) in [7, 11) is 0. The second-order valence-corrected chi connectivity index (χ2v) is 6.95. The molecule has 5 heteroatoms. The molecule has 1 unspecified atom stereocenters. The van der Waals surface area contributed by atoms with Crippen LogP contribution in [0, 0.1) is 13.8 Å². The molecule has 2 rings (SSSR count). The Morgan fingerprint density at radius 3 is 2.36 bits per heavy atom. The molecular weight excluding hydrogens is 330 g/mol.